The van der Waals surface area contributed by atoms with E-state index in [1.54, 1.807) is 6.07 Å². The van der Waals surface area contributed by atoms with Gasteiger partial charge < -0.3 is 5.21 Å². The first kappa shape index (κ1) is 12.7. The lowest BCUT2D eigenvalue weighted by molar-refractivity contribution is -0.361. The summed E-state index contributed by atoms with van der Waals surface area (Å²) in [6.45, 7) is 8.74. The quantitative estimate of drug-likeness (QED) is 0.494. The van der Waals surface area contributed by atoms with Crippen LogP contribution < -0.4 is 0 Å². The van der Waals surface area contributed by atoms with E-state index in [0.717, 1.165) is 28.0 Å². The van der Waals surface area contributed by atoms with Gasteiger partial charge in [0.2, 0.25) is 11.4 Å². The van der Waals surface area contributed by atoms with E-state index in [2.05, 4.69) is 33.8 Å². The molecule has 1 heterocycles. The van der Waals surface area contributed by atoms with Crippen molar-refractivity contribution in [2.45, 2.75) is 34.1 Å². The molecule has 0 spiro atoms. The number of rotatable bonds is 0. The molecule has 3 rings (SSSR count). The van der Waals surface area contributed by atoms with Crippen molar-refractivity contribution in [2.75, 3.05) is 0 Å². The predicted octanol–water partition coefficient (Wildman–Crippen LogP) is 4.78. The minimum absolute atomic E-state index is 0.102. The molecule has 0 N–H and O–H groups in total. The van der Waals surface area contributed by atoms with Crippen LogP contribution in [0.4, 0.5) is 5.69 Å². The number of benzene rings is 1. The molecule has 0 saturated heterocycles. The fraction of sp³-hybridized carbons (Fsp3) is 0.438. The van der Waals surface area contributed by atoms with Crippen LogP contribution in [-0.2, 0) is 0 Å². The Labute approximate surface area is 119 Å². The number of fused-ring (bicyclic) bond motifs is 3. The molecule has 3 heteroatoms. The number of hydrogen-bond donors (Lipinski definition) is 0. The third-order valence-electron chi connectivity index (χ3n) is 4.00. The van der Waals surface area contributed by atoms with Crippen molar-refractivity contribution in [2.24, 2.45) is 10.8 Å². The van der Waals surface area contributed by atoms with Gasteiger partial charge in [0.15, 0.2) is 0 Å². The van der Waals surface area contributed by atoms with Crippen molar-refractivity contribution in [3.05, 3.63) is 40.1 Å². The molecule has 100 valence electrons. The van der Waals surface area contributed by atoms with Crippen molar-refractivity contribution in [1.82, 2.24) is 0 Å². The summed E-state index contributed by atoms with van der Waals surface area (Å²) < 4.78 is 1.07. The minimum atomic E-state index is -0.124. The van der Waals surface area contributed by atoms with Crippen LogP contribution in [0, 0.1) is 16.0 Å². The Hall–Kier alpha value is -1.28. The van der Waals surface area contributed by atoms with Crippen molar-refractivity contribution in [1.29, 1.82) is 0 Å². The highest BCUT2D eigenvalue weighted by Crippen LogP contribution is 2.50. The normalized spacial score (nSPS) is 22.9. The molecule has 1 aliphatic heterocycles. The van der Waals surface area contributed by atoms with Crippen LogP contribution in [0.5, 0.6) is 0 Å². The summed E-state index contributed by atoms with van der Waals surface area (Å²) in [6, 6.07) is 5.57. The summed E-state index contributed by atoms with van der Waals surface area (Å²) >= 11 is 6.02. The van der Waals surface area contributed by atoms with Crippen molar-refractivity contribution in [3.8, 4) is 0 Å². The largest absolute Gasteiger partial charge is 0.618 e. The van der Waals surface area contributed by atoms with Crippen molar-refractivity contribution >= 4 is 28.6 Å². The lowest BCUT2D eigenvalue weighted by Crippen LogP contribution is -2.36. The molecule has 0 atom stereocenters. The van der Waals surface area contributed by atoms with E-state index in [4.69, 9.17) is 11.6 Å². The first-order valence-electron chi connectivity index (χ1n) is 6.59. The summed E-state index contributed by atoms with van der Waals surface area (Å²) in [6.07, 6.45) is 3.21. The maximum absolute atomic E-state index is 12.6. The van der Waals surface area contributed by atoms with Gasteiger partial charge in [-0.25, -0.2) is 0 Å². The first-order chi connectivity index (χ1) is 8.71. The summed E-state index contributed by atoms with van der Waals surface area (Å²) in [5.74, 6) is 0. The van der Waals surface area contributed by atoms with E-state index in [9.17, 15) is 5.21 Å². The molecule has 2 nitrogen and oxygen atoms in total. The van der Waals surface area contributed by atoms with E-state index in [1.807, 2.05) is 12.1 Å². The molecule has 0 bridgehead atoms. The van der Waals surface area contributed by atoms with Gasteiger partial charge in [0, 0.05) is 11.1 Å². The molecule has 1 aromatic carbocycles. The minimum Gasteiger partial charge on any atom is -0.618 e. The zero-order chi connectivity index (χ0) is 14.0. The second-order valence-corrected chi connectivity index (χ2v) is 7.35. The number of nitrogens with zero attached hydrogens (tertiary/aromatic N) is 1. The maximum Gasteiger partial charge on any atom is 0.226 e. The first-order valence-corrected chi connectivity index (χ1v) is 6.97. The van der Waals surface area contributed by atoms with Gasteiger partial charge in [0.1, 0.15) is 0 Å². The molecular weight excluding hydrogens is 258 g/mol. The Kier molecular flexibility index (Phi) is 2.44. The topological polar surface area (TPSA) is 26.1 Å². The number of hydrogen-bond acceptors (Lipinski definition) is 1. The highest BCUT2D eigenvalue weighted by atomic mass is 35.5. The van der Waals surface area contributed by atoms with Crippen molar-refractivity contribution < 1.29 is 4.74 Å². The molecule has 0 unspecified atom stereocenters. The molecule has 0 amide bonds. The van der Waals surface area contributed by atoms with Gasteiger partial charge in [-0.2, -0.15) is 4.74 Å². The second-order valence-electron chi connectivity index (χ2n) is 6.91. The van der Waals surface area contributed by atoms with Crippen LogP contribution in [-0.4, -0.2) is 10.5 Å². The Bertz CT molecular complexity index is 638. The molecule has 1 aliphatic carbocycles. The van der Waals surface area contributed by atoms with Gasteiger partial charge in [-0.15, -0.1) is 0 Å². The van der Waals surface area contributed by atoms with Crippen LogP contribution in [0.25, 0.3) is 5.57 Å². The highest BCUT2D eigenvalue weighted by Gasteiger charge is 2.48. The lowest BCUT2D eigenvalue weighted by Gasteiger charge is -2.36. The van der Waals surface area contributed by atoms with E-state index < -0.39 is 0 Å². The van der Waals surface area contributed by atoms with E-state index in [0.29, 0.717) is 10.7 Å². The number of halogens is 1. The third-order valence-corrected chi connectivity index (χ3v) is 4.24. The molecule has 0 radical (unpaired) electrons. The smallest absolute Gasteiger partial charge is 0.226 e. The lowest BCUT2D eigenvalue weighted by atomic mass is 9.65. The standard InChI is InChI=1S/C16H18ClNO/c1-15(2)8-12-11-6-5-10(17)7-13(11)18(19)14(12)16(3,4)9-15/h5-8H,9H2,1-4H3. The fourth-order valence-corrected chi connectivity index (χ4v) is 3.87. The Morgan fingerprint density at radius 2 is 1.89 bits per heavy atom. The second kappa shape index (κ2) is 3.63. The molecule has 0 fully saturated rings. The van der Waals surface area contributed by atoms with Crippen LogP contribution in [0.1, 0.15) is 39.7 Å². The maximum atomic E-state index is 12.6. The van der Waals surface area contributed by atoms with Crippen molar-refractivity contribution in [3.63, 3.8) is 0 Å². The Morgan fingerprint density at radius 1 is 1.21 bits per heavy atom. The van der Waals surface area contributed by atoms with Gasteiger partial charge in [-0.05, 0) is 37.8 Å². The summed E-state index contributed by atoms with van der Waals surface area (Å²) in [5.41, 5.74) is 3.63. The zero-order valence-electron chi connectivity index (χ0n) is 11.7. The number of allylic oxidation sites excluding steroid dienone is 2. The van der Waals surface area contributed by atoms with E-state index in [-0.39, 0.29) is 10.8 Å². The van der Waals surface area contributed by atoms with Gasteiger partial charge in [-0.3, -0.25) is 0 Å². The molecule has 0 saturated carbocycles. The van der Waals surface area contributed by atoms with Gasteiger partial charge >= 0.3 is 0 Å². The average molecular weight is 276 g/mol. The van der Waals surface area contributed by atoms with E-state index in [1.165, 1.54) is 0 Å². The molecular formula is C16H18ClNO. The van der Waals surface area contributed by atoms with E-state index >= 15 is 0 Å². The highest BCUT2D eigenvalue weighted by molar-refractivity contribution is 6.32. The predicted molar refractivity (Wildman–Crippen MR) is 79.9 cm³/mol. The Morgan fingerprint density at radius 3 is 2.58 bits per heavy atom. The monoisotopic (exact) mass is 275 g/mol. The van der Waals surface area contributed by atoms with Crippen LogP contribution >= 0.6 is 11.6 Å². The summed E-state index contributed by atoms with van der Waals surface area (Å²) in [5, 5.41) is 13.2. The molecule has 2 aliphatic rings. The summed E-state index contributed by atoms with van der Waals surface area (Å²) in [7, 11) is 0. The molecule has 1 aromatic rings. The zero-order valence-corrected chi connectivity index (χ0v) is 12.5. The van der Waals surface area contributed by atoms with Crippen LogP contribution in [0.3, 0.4) is 0 Å². The Balaban J connectivity index is 2.33. The molecule has 0 aromatic heterocycles. The summed E-state index contributed by atoms with van der Waals surface area (Å²) in [4.78, 5) is 0. The van der Waals surface area contributed by atoms with Crippen LogP contribution in [0.15, 0.2) is 24.3 Å². The van der Waals surface area contributed by atoms with Gasteiger partial charge in [0.25, 0.3) is 0 Å². The van der Waals surface area contributed by atoms with Gasteiger partial charge in [-0.1, -0.05) is 31.5 Å². The fourth-order valence-electron chi connectivity index (χ4n) is 3.71. The van der Waals surface area contributed by atoms with Crippen LogP contribution in [0.2, 0.25) is 5.02 Å². The SMILES string of the molecule is CC1(C)C=C2C(=[N+]([O-])c3cc(Cl)ccc32)C(C)(C)C1. The molecule has 19 heavy (non-hydrogen) atoms. The van der Waals surface area contributed by atoms with Gasteiger partial charge in [0.05, 0.1) is 16.6 Å². The average Bonchev–Trinajstić information content (AvgIpc) is 2.49. The third kappa shape index (κ3) is 1.81.